The highest BCUT2D eigenvalue weighted by molar-refractivity contribution is 7.01. The Morgan fingerprint density at radius 3 is 1.94 bits per heavy atom. The van der Waals surface area contributed by atoms with Gasteiger partial charge in [-0.3, -0.25) is 0 Å². The second-order valence-corrected chi connectivity index (χ2v) is 15.7. The molecule has 0 atom stereocenters. The van der Waals surface area contributed by atoms with E-state index < -0.39 is 0 Å². The Bertz CT molecular complexity index is 3160. The van der Waals surface area contributed by atoms with Crippen molar-refractivity contribution < 1.29 is 4.42 Å². The van der Waals surface area contributed by atoms with Crippen LogP contribution >= 0.6 is 0 Å². The van der Waals surface area contributed by atoms with Crippen molar-refractivity contribution in [2.45, 2.75) is 26.2 Å². The lowest BCUT2D eigenvalue weighted by Crippen LogP contribution is -2.60. The molecule has 12 rings (SSSR count). The van der Waals surface area contributed by atoms with Crippen LogP contribution < -0.4 is 21.5 Å². The van der Waals surface area contributed by atoms with Crippen molar-refractivity contribution in [3.05, 3.63) is 157 Å². The monoisotopic (exact) mass is 679 g/mol. The van der Waals surface area contributed by atoms with E-state index in [1.54, 1.807) is 0 Å². The Morgan fingerprint density at radius 1 is 0.509 bits per heavy atom. The molecule has 0 saturated carbocycles. The first kappa shape index (κ1) is 29.2. The minimum atomic E-state index is -0.133. The molecule has 0 amide bonds. The van der Waals surface area contributed by atoms with E-state index in [1.807, 2.05) is 0 Å². The van der Waals surface area contributed by atoms with Gasteiger partial charge in [0, 0.05) is 49.7 Å². The van der Waals surface area contributed by atoms with Gasteiger partial charge in [-0.05, 0) is 88.6 Å². The highest BCUT2D eigenvalue weighted by Crippen LogP contribution is 2.46. The summed E-state index contributed by atoms with van der Waals surface area (Å²) in [5, 5.41) is 6.17. The van der Waals surface area contributed by atoms with Crippen LogP contribution in [0.25, 0.3) is 66.0 Å². The Labute approximate surface area is 307 Å². The molecular weight excluding hydrogens is 645 g/mol. The standard InChI is InChI=1S/C48H34BN3O/c1-48(2,3)29-24-26-31(27-25-29)51-38-21-13-22-39-43(38)49(47-46(51)34-18-9-12-23-41(34)53-47)44-42-33-17-8-11-20-37(33)50(30-14-5-4-6-15-30)40(42)28-35-32-16-7-10-19-36(32)52(39)45(35)44/h4-28H,1-3H3. The SMILES string of the molecule is CC(C)(C)c1ccc(N2c3cccc4c3B(c3oc5ccccc5c32)c2c3c5ccccc5n(-c5ccccc5)c3cc3c5ccccc5n-4c23)cc1. The molecule has 0 saturated heterocycles. The predicted octanol–water partition coefficient (Wildman–Crippen LogP) is 10.5. The number of para-hydroxylation sites is 4. The van der Waals surface area contributed by atoms with Crippen LogP contribution in [-0.4, -0.2) is 15.8 Å². The maximum absolute atomic E-state index is 7.18. The fraction of sp³-hybridized carbons (Fsp3) is 0.0833. The van der Waals surface area contributed by atoms with Gasteiger partial charge in [0.1, 0.15) is 5.58 Å². The highest BCUT2D eigenvalue weighted by Gasteiger charge is 2.47. The number of nitrogens with zero attached hydrogens (tertiary/aromatic N) is 3. The molecule has 2 aliphatic heterocycles. The van der Waals surface area contributed by atoms with E-state index in [4.69, 9.17) is 4.42 Å². The van der Waals surface area contributed by atoms with Crippen LogP contribution in [0.15, 0.2) is 156 Å². The van der Waals surface area contributed by atoms with Gasteiger partial charge >= 0.3 is 0 Å². The van der Waals surface area contributed by atoms with E-state index in [2.05, 4.69) is 186 Å². The minimum absolute atomic E-state index is 0.0554. The van der Waals surface area contributed by atoms with E-state index in [0.717, 1.165) is 33.7 Å². The molecule has 0 N–H and O–H groups in total. The second kappa shape index (κ2) is 10.1. The predicted molar refractivity (Wildman–Crippen MR) is 223 cm³/mol. The number of fused-ring (bicyclic) bond motifs is 13. The van der Waals surface area contributed by atoms with Crippen molar-refractivity contribution in [2.75, 3.05) is 4.90 Å². The quantitative estimate of drug-likeness (QED) is 0.170. The molecule has 10 aromatic rings. The fourth-order valence-electron chi connectivity index (χ4n) is 9.61. The van der Waals surface area contributed by atoms with Crippen LogP contribution in [-0.2, 0) is 5.41 Å². The van der Waals surface area contributed by atoms with Crippen molar-refractivity contribution in [2.24, 2.45) is 0 Å². The molecule has 3 aromatic heterocycles. The Hall–Kier alpha value is -6.46. The number of hydrogen-bond acceptors (Lipinski definition) is 2. The smallest absolute Gasteiger partial charge is 0.297 e. The van der Waals surface area contributed by atoms with Gasteiger partial charge in [0.25, 0.3) is 6.71 Å². The highest BCUT2D eigenvalue weighted by atomic mass is 16.3. The van der Waals surface area contributed by atoms with Crippen LogP contribution in [0.3, 0.4) is 0 Å². The van der Waals surface area contributed by atoms with Gasteiger partial charge in [-0.2, -0.15) is 0 Å². The average Bonchev–Trinajstić information content (AvgIpc) is 3.85. The summed E-state index contributed by atoms with van der Waals surface area (Å²) in [6.07, 6.45) is 0. The molecular formula is C48H34BN3O. The summed E-state index contributed by atoms with van der Waals surface area (Å²) >= 11 is 0. The lowest BCUT2D eigenvalue weighted by Gasteiger charge is -2.38. The number of hydrogen-bond donors (Lipinski definition) is 0. The first-order chi connectivity index (χ1) is 26.0. The maximum atomic E-state index is 7.18. The van der Waals surface area contributed by atoms with Gasteiger partial charge in [0.2, 0.25) is 0 Å². The lowest BCUT2D eigenvalue weighted by atomic mass is 9.35. The first-order valence-electron chi connectivity index (χ1n) is 18.6. The lowest BCUT2D eigenvalue weighted by molar-refractivity contribution is 0.590. The minimum Gasteiger partial charge on any atom is -0.468 e. The fourth-order valence-corrected chi connectivity index (χ4v) is 9.61. The number of benzene rings is 7. The van der Waals surface area contributed by atoms with Gasteiger partial charge in [-0.15, -0.1) is 0 Å². The molecule has 5 heteroatoms. The molecule has 4 nitrogen and oxygen atoms in total. The number of furan rings is 1. The summed E-state index contributed by atoms with van der Waals surface area (Å²) in [7, 11) is 0. The van der Waals surface area contributed by atoms with E-state index in [-0.39, 0.29) is 12.1 Å². The Morgan fingerprint density at radius 2 is 1.17 bits per heavy atom. The van der Waals surface area contributed by atoms with Gasteiger partial charge in [0.05, 0.1) is 33.4 Å². The molecule has 0 bridgehead atoms. The van der Waals surface area contributed by atoms with Gasteiger partial charge in [0.15, 0.2) is 0 Å². The summed E-state index contributed by atoms with van der Waals surface area (Å²) in [6.45, 7) is 6.69. The van der Waals surface area contributed by atoms with Crippen LogP contribution in [0.5, 0.6) is 0 Å². The molecule has 0 radical (unpaired) electrons. The number of anilines is 3. The molecule has 0 aliphatic carbocycles. The van der Waals surface area contributed by atoms with Crippen molar-refractivity contribution >= 4 is 94.9 Å². The van der Waals surface area contributed by atoms with Gasteiger partial charge in [-0.25, -0.2) is 0 Å². The molecule has 0 spiro atoms. The third kappa shape index (κ3) is 3.71. The molecule has 0 unspecified atom stereocenters. The van der Waals surface area contributed by atoms with E-state index >= 15 is 0 Å². The zero-order valence-corrected chi connectivity index (χ0v) is 29.8. The van der Waals surface area contributed by atoms with Crippen molar-refractivity contribution in [3.8, 4) is 11.4 Å². The Kier molecular flexibility index (Phi) is 5.56. The van der Waals surface area contributed by atoms with Crippen LogP contribution in [0.2, 0.25) is 0 Å². The Balaban J connectivity index is 1.29. The summed E-state index contributed by atoms with van der Waals surface area (Å²) < 4.78 is 12.2. The van der Waals surface area contributed by atoms with E-state index in [1.165, 1.54) is 71.5 Å². The maximum Gasteiger partial charge on any atom is 0.297 e. The summed E-state index contributed by atoms with van der Waals surface area (Å²) in [5.41, 5.74) is 16.6. The summed E-state index contributed by atoms with van der Waals surface area (Å²) in [6, 6.07) is 55.7. The van der Waals surface area contributed by atoms with Crippen LogP contribution in [0, 0.1) is 0 Å². The second-order valence-electron chi connectivity index (χ2n) is 15.7. The van der Waals surface area contributed by atoms with Crippen molar-refractivity contribution in [1.29, 1.82) is 0 Å². The molecule has 250 valence electrons. The van der Waals surface area contributed by atoms with Gasteiger partial charge < -0.3 is 18.5 Å². The number of aromatic nitrogens is 2. The zero-order valence-electron chi connectivity index (χ0n) is 29.8. The molecule has 5 heterocycles. The zero-order chi connectivity index (χ0) is 35.2. The third-order valence-corrected chi connectivity index (χ3v) is 11.8. The average molecular weight is 680 g/mol. The molecule has 53 heavy (non-hydrogen) atoms. The van der Waals surface area contributed by atoms with Gasteiger partial charge in [-0.1, -0.05) is 106 Å². The third-order valence-electron chi connectivity index (χ3n) is 11.8. The normalized spacial score (nSPS) is 13.5. The topological polar surface area (TPSA) is 26.2 Å². The summed E-state index contributed by atoms with van der Waals surface area (Å²) in [5.74, 6) is 0. The first-order valence-corrected chi connectivity index (χ1v) is 18.6. The van der Waals surface area contributed by atoms with Crippen LogP contribution in [0.1, 0.15) is 26.3 Å². The summed E-state index contributed by atoms with van der Waals surface area (Å²) in [4.78, 5) is 2.46. The molecule has 7 aromatic carbocycles. The van der Waals surface area contributed by atoms with Crippen molar-refractivity contribution in [3.63, 3.8) is 0 Å². The molecule has 0 fully saturated rings. The van der Waals surface area contributed by atoms with E-state index in [0.29, 0.717) is 0 Å². The number of rotatable bonds is 2. The van der Waals surface area contributed by atoms with E-state index in [9.17, 15) is 0 Å². The van der Waals surface area contributed by atoms with Crippen LogP contribution in [0.4, 0.5) is 17.1 Å². The van der Waals surface area contributed by atoms with Crippen molar-refractivity contribution in [1.82, 2.24) is 9.13 Å². The largest absolute Gasteiger partial charge is 0.468 e. The molecule has 2 aliphatic rings.